The van der Waals surface area contributed by atoms with E-state index in [0.29, 0.717) is 18.7 Å². The first-order valence-corrected chi connectivity index (χ1v) is 3.76. The Balaban J connectivity index is 2.68. The molecule has 12 heavy (non-hydrogen) atoms. The number of hydrogen-bond donors (Lipinski definition) is 0. The highest BCUT2D eigenvalue weighted by atomic mass is 16.5. The third-order valence-corrected chi connectivity index (χ3v) is 1.64. The molecule has 0 atom stereocenters. The minimum atomic E-state index is 0.611. The molecule has 0 unspecified atom stereocenters. The molecule has 4 heteroatoms. The van der Waals surface area contributed by atoms with Crippen molar-refractivity contribution in [2.45, 2.75) is 13.5 Å². The number of aldehydes is 1. The number of aromatic nitrogens is 2. The first-order chi connectivity index (χ1) is 5.77. The zero-order chi connectivity index (χ0) is 8.97. The molecule has 0 amide bonds. The van der Waals surface area contributed by atoms with Gasteiger partial charge in [0.2, 0.25) is 0 Å². The Hall–Kier alpha value is -1.16. The van der Waals surface area contributed by atoms with Crippen LogP contribution in [-0.4, -0.2) is 29.8 Å². The molecular formula is C8H12N2O2. The van der Waals surface area contributed by atoms with E-state index in [0.717, 1.165) is 12.0 Å². The second-order valence-corrected chi connectivity index (χ2v) is 2.54. The monoisotopic (exact) mass is 168 g/mol. The normalized spacial score (nSPS) is 10.2. The van der Waals surface area contributed by atoms with E-state index in [4.69, 9.17) is 4.74 Å². The van der Waals surface area contributed by atoms with Gasteiger partial charge in [0.1, 0.15) is 0 Å². The Labute approximate surface area is 71.1 Å². The molecule has 0 aliphatic carbocycles. The zero-order valence-electron chi connectivity index (χ0n) is 7.28. The lowest BCUT2D eigenvalue weighted by Crippen LogP contribution is -2.04. The fraction of sp³-hybridized carbons (Fsp3) is 0.500. The molecule has 0 N–H and O–H groups in total. The van der Waals surface area contributed by atoms with Crippen LogP contribution in [0.2, 0.25) is 0 Å². The lowest BCUT2D eigenvalue weighted by Gasteiger charge is -1.97. The van der Waals surface area contributed by atoms with Gasteiger partial charge < -0.3 is 4.74 Å². The highest BCUT2D eigenvalue weighted by molar-refractivity contribution is 5.75. The second-order valence-electron chi connectivity index (χ2n) is 2.54. The van der Waals surface area contributed by atoms with Gasteiger partial charge in [0, 0.05) is 13.3 Å². The van der Waals surface area contributed by atoms with Crippen molar-refractivity contribution in [2.24, 2.45) is 0 Å². The molecule has 0 fully saturated rings. The molecule has 66 valence electrons. The topological polar surface area (TPSA) is 44.1 Å². The highest BCUT2D eigenvalue weighted by Gasteiger charge is 2.01. The predicted octanol–water partition coefficient (Wildman–Crippen LogP) is 0.650. The van der Waals surface area contributed by atoms with Crippen LogP contribution >= 0.6 is 0 Å². The number of aryl methyl sites for hydroxylation is 1. The molecular weight excluding hydrogens is 156 g/mol. The molecule has 0 spiro atoms. The molecule has 1 rings (SSSR count). The van der Waals surface area contributed by atoms with Crippen LogP contribution in [0, 0.1) is 6.92 Å². The van der Waals surface area contributed by atoms with Crippen LogP contribution in [0.5, 0.6) is 0 Å². The fourth-order valence-electron chi connectivity index (χ4n) is 0.948. The van der Waals surface area contributed by atoms with Crippen molar-refractivity contribution in [2.75, 3.05) is 13.7 Å². The molecule has 1 aromatic heterocycles. The SMILES string of the molecule is COCCn1cc(C=O)c(C)n1. The van der Waals surface area contributed by atoms with Gasteiger partial charge in [-0.1, -0.05) is 0 Å². The summed E-state index contributed by atoms with van der Waals surface area (Å²) in [5.41, 5.74) is 1.41. The molecule has 0 aliphatic heterocycles. The summed E-state index contributed by atoms with van der Waals surface area (Å²) in [6, 6.07) is 0. The van der Waals surface area contributed by atoms with E-state index in [1.165, 1.54) is 0 Å². The summed E-state index contributed by atoms with van der Waals surface area (Å²) in [5.74, 6) is 0. The van der Waals surface area contributed by atoms with Gasteiger partial charge in [0.15, 0.2) is 6.29 Å². The van der Waals surface area contributed by atoms with Crippen LogP contribution in [0.25, 0.3) is 0 Å². The van der Waals surface area contributed by atoms with Crippen molar-refractivity contribution in [3.8, 4) is 0 Å². The van der Waals surface area contributed by atoms with Gasteiger partial charge in [-0.25, -0.2) is 0 Å². The maximum atomic E-state index is 10.4. The summed E-state index contributed by atoms with van der Waals surface area (Å²) < 4.78 is 6.59. The average Bonchev–Trinajstić information content (AvgIpc) is 2.43. The minimum Gasteiger partial charge on any atom is -0.383 e. The quantitative estimate of drug-likeness (QED) is 0.620. The lowest BCUT2D eigenvalue weighted by molar-refractivity contribution is 0.112. The number of rotatable bonds is 4. The molecule has 0 saturated carbocycles. The summed E-state index contributed by atoms with van der Waals surface area (Å²) in [7, 11) is 1.64. The first-order valence-electron chi connectivity index (χ1n) is 3.76. The molecule has 0 saturated heterocycles. The summed E-state index contributed by atoms with van der Waals surface area (Å²) in [5, 5.41) is 4.12. The molecule has 4 nitrogen and oxygen atoms in total. The zero-order valence-corrected chi connectivity index (χ0v) is 7.28. The van der Waals surface area contributed by atoms with Crippen molar-refractivity contribution in [1.82, 2.24) is 9.78 Å². The highest BCUT2D eigenvalue weighted by Crippen LogP contribution is 2.01. The van der Waals surface area contributed by atoms with Crippen molar-refractivity contribution in [3.63, 3.8) is 0 Å². The van der Waals surface area contributed by atoms with Crippen LogP contribution in [0.3, 0.4) is 0 Å². The van der Waals surface area contributed by atoms with E-state index >= 15 is 0 Å². The van der Waals surface area contributed by atoms with Gasteiger partial charge in [0.25, 0.3) is 0 Å². The van der Waals surface area contributed by atoms with Gasteiger partial charge in [-0.2, -0.15) is 5.10 Å². The summed E-state index contributed by atoms with van der Waals surface area (Å²) >= 11 is 0. The summed E-state index contributed by atoms with van der Waals surface area (Å²) in [6.45, 7) is 3.11. The largest absolute Gasteiger partial charge is 0.383 e. The summed E-state index contributed by atoms with van der Waals surface area (Å²) in [6.07, 6.45) is 2.53. The fourth-order valence-corrected chi connectivity index (χ4v) is 0.948. The minimum absolute atomic E-state index is 0.611. The molecule has 0 aromatic carbocycles. The van der Waals surface area contributed by atoms with Crippen molar-refractivity contribution in [3.05, 3.63) is 17.5 Å². The Bertz CT molecular complexity index is 268. The number of methoxy groups -OCH3 is 1. The van der Waals surface area contributed by atoms with Gasteiger partial charge in [-0.15, -0.1) is 0 Å². The summed E-state index contributed by atoms with van der Waals surface area (Å²) in [4.78, 5) is 10.4. The van der Waals surface area contributed by atoms with Crippen LogP contribution in [0.15, 0.2) is 6.20 Å². The molecule has 0 bridgehead atoms. The second kappa shape index (κ2) is 4.01. The maximum absolute atomic E-state index is 10.4. The van der Waals surface area contributed by atoms with E-state index in [2.05, 4.69) is 5.10 Å². The van der Waals surface area contributed by atoms with E-state index < -0.39 is 0 Å². The maximum Gasteiger partial charge on any atom is 0.153 e. The van der Waals surface area contributed by atoms with Crippen molar-refractivity contribution < 1.29 is 9.53 Å². The van der Waals surface area contributed by atoms with Crippen molar-refractivity contribution in [1.29, 1.82) is 0 Å². The van der Waals surface area contributed by atoms with E-state index in [-0.39, 0.29) is 0 Å². The van der Waals surface area contributed by atoms with E-state index in [9.17, 15) is 4.79 Å². The van der Waals surface area contributed by atoms with E-state index in [1.54, 1.807) is 18.0 Å². The van der Waals surface area contributed by atoms with Gasteiger partial charge in [0.05, 0.1) is 24.4 Å². The Morgan fingerprint density at radius 1 is 1.75 bits per heavy atom. The third-order valence-electron chi connectivity index (χ3n) is 1.64. The van der Waals surface area contributed by atoms with Gasteiger partial charge in [-0.05, 0) is 6.92 Å². The number of ether oxygens (including phenoxy) is 1. The molecule has 1 aromatic rings. The number of hydrogen-bond acceptors (Lipinski definition) is 3. The van der Waals surface area contributed by atoms with Crippen LogP contribution in [-0.2, 0) is 11.3 Å². The van der Waals surface area contributed by atoms with Gasteiger partial charge in [-0.3, -0.25) is 9.48 Å². The Morgan fingerprint density at radius 3 is 3.00 bits per heavy atom. The third kappa shape index (κ3) is 1.92. The van der Waals surface area contributed by atoms with Crippen LogP contribution < -0.4 is 0 Å². The lowest BCUT2D eigenvalue weighted by atomic mass is 10.3. The number of carbonyl (C=O) groups excluding carboxylic acids is 1. The van der Waals surface area contributed by atoms with Gasteiger partial charge >= 0.3 is 0 Å². The first kappa shape index (κ1) is 8.93. The Kier molecular flexibility index (Phi) is 2.99. The smallest absolute Gasteiger partial charge is 0.153 e. The number of carbonyl (C=O) groups is 1. The molecule has 0 radical (unpaired) electrons. The van der Waals surface area contributed by atoms with Crippen LogP contribution in [0.4, 0.5) is 0 Å². The van der Waals surface area contributed by atoms with Crippen molar-refractivity contribution >= 4 is 6.29 Å². The van der Waals surface area contributed by atoms with E-state index in [1.807, 2.05) is 6.92 Å². The standard InChI is InChI=1S/C8H12N2O2/c1-7-8(6-11)5-10(9-7)3-4-12-2/h5-6H,3-4H2,1-2H3. The number of nitrogens with zero attached hydrogens (tertiary/aromatic N) is 2. The van der Waals surface area contributed by atoms with Crippen LogP contribution in [0.1, 0.15) is 16.1 Å². The predicted molar refractivity (Wildman–Crippen MR) is 44.2 cm³/mol. The Morgan fingerprint density at radius 2 is 2.50 bits per heavy atom. The average molecular weight is 168 g/mol. The molecule has 0 aliphatic rings. The molecule has 1 heterocycles.